The van der Waals surface area contributed by atoms with Gasteiger partial charge in [-0.15, -0.1) is 0 Å². The topological polar surface area (TPSA) is 79.2 Å². The van der Waals surface area contributed by atoms with Gasteiger partial charge in [-0.1, -0.05) is 64.0 Å². The fraction of sp³-hybridized carbons (Fsp3) is 0.909. The zero-order valence-electron chi connectivity index (χ0n) is 17.2. The minimum Gasteiger partial charge on any atom is -0.394 e. The number of aliphatic hydroxyl groups excluding tert-OH is 3. The summed E-state index contributed by atoms with van der Waals surface area (Å²) >= 11 is 0. The molecule has 1 aliphatic rings. The van der Waals surface area contributed by atoms with E-state index in [1.54, 1.807) is 0 Å². The Morgan fingerprint density at radius 3 is 2.07 bits per heavy atom. The van der Waals surface area contributed by atoms with Gasteiger partial charge in [-0.05, 0) is 32.1 Å². The normalized spacial score (nSPS) is 24.1. The van der Waals surface area contributed by atoms with Gasteiger partial charge in [0.2, 0.25) is 0 Å². The van der Waals surface area contributed by atoms with Crippen LogP contribution in [0.1, 0.15) is 84.0 Å². The Morgan fingerprint density at radius 2 is 1.52 bits per heavy atom. The molecule has 3 N–H and O–H groups in total. The Kier molecular flexibility index (Phi) is 15.0. The summed E-state index contributed by atoms with van der Waals surface area (Å²) in [4.78, 5) is 0. The van der Waals surface area contributed by atoms with Gasteiger partial charge < -0.3 is 24.8 Å². The van der Waals surface area contributed by atoms with Crippen LogP contribution in [0.5, 0.6) is 0 Å². The first-order valence-electron chi connectivity index (χ1n) is 11.1. The highest BCUT2D eigenvalue weighted by Crippen LogP contribution is 2.20. The van der Waals surface area contributed by atoms with Crippen molar-refractivity contribution in [1.29, 1.82) is 0 Å². The predicted octanol–water partition coefficient (Wildman–Crippen LogP) is 3.74. The number of hydrogen-bond donors (Lipinski definition) is 3. The van der Waals surface area contributed by atoms with Crippen molar-refractivity contribution in [3.05, 3.63) is 12.2 Å². The Morgan fingerprint density at radius 1 is 0.926 bits per heavy atom. The molecule has 160 valence electrons. The molecule has 0 aromatic rings. The minimum atomic E-state index is -0.981. The largest absolute Gasteiger partial charge is 0.394 e. The number of aliphatic hydroxyl groups is 3. The lowest BCUT2D eigenvalue weighted by Gasteiger charge is -2.24. The van der Waals surface area contributed by atoms with Crippen molar-refractivity contribution in [1.82, 2.24) is 0 Å². The van der Waals surface area contributed by atoms with E-state index in [2.05, 4.69) is 19.1 Å². The molecule has 0 aliphatic carbocycles. The van der Waals surface area contributed by atoms with Gasteiger partial charge in [0.05, 0.1) is 13.2 Å². The van der Waals surface area contributed by atoms with Crippen molar-refractivity contribution in [2.75, 3.05) is 19.8 Å². The Bertz CT molecular complexity index is 361. The van der Waals surface area contributed by atoms with Gasteiger partial charge in [0, 0.05) is 6.61 Å². The quantitative estimate of drug-likeness (QED) is 0.262. The van der Waals surface area contributed by atoms with Gasteiger partial charge in [-0.25, -0.2) is 0 Å². The highest BCUT2D eigenvalue weighted by molar-refractivity contribution is 4.88. The van der Waals surface area contributed by atoms with E-state index in [0.717, 1.165) is 19.3 Å². The molecule has 0 saturated carbocycles. The monoisotopic (exact) mass is 386 g/mol. The summed E-state index contributed by atoms with van der Waals surface area (Å²) in [6, 6.07) is 0. The molecule has 0 radical (unpaired) electrons. The summed E-state index contributed by atoms with van der Waals surface area (Å²) in [5.41, 5.74) is 0. The second-order valence-electron chi connectivity index (χ2n) is 7.68. The predicted molar refractivity (Wildman–Crippen MR) is 109 cm³/mol. The molecule has 1 saturated heterocycles. The molecule has 5 nitrogen and oxygen atoms in total. The molecule has 0 spiro atoms. The van der Waals surface area contributed by atoms with Crippen LogP contribution in [-0.4, -0.2) is 59.6 Å². The fourth-order valence-corrected chi connectivity index (χ4v) is 3.44. The average molecular weight is 387 g/mol. The summed E-state index contributed by atoms with van der Waals surface area (Å²) in [7, 11) is 0. The molecule has 27 heavy (non-hydrogen) atoms. The number of hydrogen-bond acceptors (Lipinski definition) is 5. The average Bonchev–Trinajstić information content (AvgIpc) is 3.00. The summed E-state index contributed by atoms with van der Waals surface area (Å²) < 4.78 is 11.0. The highest BCUT2D eigenvalue weighted by atomic mass is 16.6. The zero-order chi connectivity index (χ0) is 19.7. The van der Waals surface area contributed by atoms with Gasteiger partial charge >= 0.3 is 0 Å². The maximum atomic E-state index is 9.81. The second kappa shape index (κ2) is 16.5. The van der Waals surface area contributed by atoms with Gasteiger partial charge in [-0.3, -0.25) is 0 Å². The lowest BCUT2D eigenvalue weighted by molar-refractivity contribution is -0.101. The van der Waals surface area contributed by atoms with E-state index in [1.807, 2.05) is 0 Å². The summed E-state index contributed by atoms with van der Waals surface area (Å²) in [5, 5.41) is 28.7. The molecule has 1 heterocycles. The molecule has 0 unspecified atom stereocenters. The lowest BCUT2D eigenvalue weighted by atomic mass is 10.1. The third kappa shape index (κ3) is 11.2. The first-order valence-corrected chi connectivity index (χ1v) is 11.1. The number of unbranched alkanes of at least 4 members (excludes halogenated alkanes) is 10. The first kappa shape index (κ1) is 24.6. The third-order valence-corrected chi connectivity index (χ3v) is 5.22. The van der Waals surface area contributed by atoms with Crippen LogP contribution < -0.4 is 0 Å². The van der Waals surface area contributed by atoms with Crippen LogP contribution in [0.25, 0.3) is 0 Å². The van der Waals surface area contributed by atoms with E-state index in [-0.39, 0.29) is 13.2 Å². The van der Waals surface area contributed by atoms with Gasteiger partial charge in [-0.2, -0.15) is 0 Å². The molecule has 0 amide bonds. The van der Waals surface area contributed by atoms with Crippen molar-refractivity contribution in [2.24, 2.45) is 0 Å². The van der Waals surface area contributed by atoms with E-state index in [4.69, 9.17) is 9.47 Å². The van der Waals surface area contributed by atoms with Crippen LogP contribution in [0.3, 0.4) is 0 Å². The van der Waals surface area contributed by atoms with Crippen molar-refractivity contribution in [2.45, 2.75) is 108 Å². The molecular weight excluding hydrogens is 344 g/mol. The lowest BCUT2D eigenvalue weighted by Crippen LogP contribution is -2.42. The summed E-state index contributed by atoms with van der Waals surface area (Å²) in [6.07, 6.45) is 16.5. The Hall–Kier alpha value is -0.460. The van der Waals surface area contributed by atoms with Crippen molar-refractivity contribution in [3.8, 4) is 0 Å². The summed E-state index contributed by atoms with van der Waals surface area (Å²) in [6.45, 7) is 2.68. The maximum absolute atomic E-state index is 9.81. The molecule has 1 rings (SSSR count). The SMILES string of the molecule is CCCCCCCC/C=C/CCCCCCO[C@@H](CO)[C@@H]1OC[C@@H](O)[C@@H]1O. The van der Waals surface area contributed by atoms with E-state index in [9.17, 15) is 15.3 Å². The fourth-order valence-electron chi connectivity index (χ4n) is 3.44. The molecule has 0 bridgehead atoms. The van der Waals surface area contributed by atoms with Crippen LogP contribution in [0.4, 0.5) is 0 Å². The van der Waals surface area contributed by atoms with Crippen LogP contribution >= 0.6 is 0 Å². The van der Waals surface area contributed by atoms with Gasteiger partial charge in [0.25, 0.3) is 0 Å². The first-order chi connectivity index (χ1) is 13.2. The van der Waals surface area contributed by atoms with Crippen LogP contribution in [0.2, 0.25) is 0 Å². The smallest absolute Gasteiger partial charge is 0.114 e. The van der Waals surface area contributed by atoms with Crippen LogP contribution in [0.15, 0.2) is 12.2 Å². The van der Waals surface area contributed by atoms with Crippen molar-refractivity contribution in [3.63, 3.8) is 0 Å². The highest BCUT2D eigenvalue weighted by Gasteiger charge is 2.40. The molecule has 4 atom stereocenters. The zero-order valence-corrected chi connectivity index (χ0v) is 17.2. The van der Waals surface area contributed by atoms with Crippen LogP contribution in [-0.2, 0) is 9.47 Å². The number of ether oxygens (including phenoxy) is 2. The van der Waals surface area contributed by atoms with E-state index < -0.39 is 24.4 Å². The molecular formula is C22H42O5. The molecule has 1 fully saturated rings. The van der Waals surface area contributed by atoms with Gasteiger partial charge in [0.15, 0.2) is 0 Å². The molecule has 5 heteroatoms. The van der Waals surface area contributed by atoms with E-state index in [0.29, 0.717) is 6.61 Å². The van der Waals surface area contributed by atoms with E-state index in [1.165, 1.54) is 57.8 Å². The number of rotatable bonds is 17. The summed E-state index contributed by atoms with van der Waals surface area (Å²) in [5.74, 6) is 0. The third-order valence-electron chi connectivity index (χ3n) is 5.22. The Balaban J connectivity index is 1.90. The second-order valence-corrected chi connectivity index (χ2v) is 7.68. The molecule has 0 aromatic heterocycles. The maximum Gasteiger partial charge on any atom is 0.114 e. The van der Waals surface area contributed by atoms with Crippen LogP contribution in [0, 0.1) is 0 Å². The minimum absolute atomic E-state index is 0.0953. The van der Waals surface area contributed by atoms with E-state index >= 15 is 0 Å². The van der Waals surface area contributed by atoms with Crippen molar-refractivity contribution >= 4 is 0 Å². The Labute approximate surface area is 165 Å². The standard InChI is InChI=1S/C22H42O5/c1-2-3-4-5-6-7-8-9-10-11-12-13-14-15-16-26-20(17-23)22-21(25)19(24)18-27-22/h9-10,19-25H,2-8,11-18H2,1H3/b10-9+/t19-,20+,21+,22+/m1/s1. The van der Waals surface area contributed by atoms with Crippen molar-refractivity contribution < 1.29 is 24.8 Å². The number of allylic oxidation sites excluding steroid dienone is 2. The molecule has 0 aromatic carbocycles. The van der Waals surface area contributed by atoms with Gasteiger partial charge in [0.1, 0.15) is 24.4 Å². The molecule has 1 aliphatic heterocycles.